The molecule has 2 fully saturated rings. The largest absolute Gasteiger partial charge is 0.335 e. The van der Waals surface area contributed by atoms with E-state index in [4.69, 9.17) is 0 Å². The molecule has 1 aromatic rings. The third-order valence-electron chi connectivity index (χ3n) is 4.09. The highest BCUT2D eigenvalue weighted by Gasteiger charge is 2.40. The number of benzene rings is 1. The second kappa shape index (κ2) is 4.40. The van der Waals surface area contributed by atoms with Gasteiger partial charge in [-0.1, -0.05) is 24.6 Å². The monoisotopic (exact) mass is 230 g/mol. The second-order valence-electron chi connectivity index (χ2n) is 5.25. The lowest BCUT2D eigenvalue weighted by Crippen LogP contribution is -2.40. The standard InChI is InChI=1S/C14H18N2O/c17-14(15-12-4-2-1-3-5-12)16-13-9-10-6-7-11(13)8-10/h1-5,10-11,13H,6-9H2,(H2,15,16,17)/t10-,11-,13+/m1/s1. The smallest absolute Gasteiger partial charge is 0.319 e. The molecule has 0 aliphatic heterocycles. The molecule has 0 spiro atoms. The maximum atomic E-state index is 11.8. The van der Waals surface area contributed by atoms with E-state index in [1.165, 1.54) is 25.7 Å². The Labute approximate surface area is 102 Å². The molecule has 3 nitrogen and oxygen atoms in total. The fraction of sp³-hybridized carbons (Fsp3) is 0.500. The Hall–Kier alpha value is -1.51. The van der Waals surface area contributed by atoms with Crippen LogP contribution in [0, 0.1) is 11.8 Å². The molecule has 2 aliphatic rings. The van der Waals surface area contributed by atoms with Crippen LogP contribution >= 0.6 is 0 Å². The maximum Gasteiger partial charge on any atom is 0.319 e. The Morgan fingerprint density at radius 1 is 1.12 bits per heavy atom. The van der Waals surface area contributed by atoms with E-state index in [2.05, 4.69) is 10.6 Å². The number of carbonyl (C=O) groups is 1. The summed E-state index contributed by atoms with van der Waals surface area (Å²) in [5, 5.41) is 5.99. The van der Waals surface area contributed by atoms with E-state index in [0.717, 1.165) is 17.5 Å². The number of para-hydroxylation sites is 1. The second-order valence-corrected chi connectivity index (χ2v) is 5.25. The lowest BCUT2D eigenvalue weighted by Gasteiger charge is -2.22. The van der Waals surface area contributed by atoms with Crippen molar-refractivity contribution in [2.75, 3.05) is 5.32 Å². The van der Waals surface area contributed by atoms with Crippen LogP contribution in [0.2, 0.25) is 0 Å². The van der Waals surface area contributed by atoms with Crippen molar-refractivity contribution in [2.45, 2.75) is 31.7 Å². The average molecular weight is 230 g/mol. The molecule has 0 unspecified atom stereocenters. The molecule has 2 aliphatic carbocycles. The molecule has 2 bridgehead atoms. The molecule has 3 atom stereocenters. The van der Waals surface area contributed by atoms with E-state index < -0.39 is 0 Å². The van der Waals surface area contributed by atoms with Crippen LogP contribution in [0.25, 0.3) is 0 Å². The summed E-state index contributed by atoms with van der Waals surface area (Å²) in [7, 11) is 0. The Balaban J connectivity index is 1.54. The van der Waals surface area contributed by atoms with Crippen LogP contribution in [-0.2, 0) is 0 Å². The Bertz CT molecular complexity index is 404. The van der Waals surface area contributed by atoms with Crippen molar-refractivity contribution in [3.8, 4) is 0 Å². The average Bonchev–Trinajstić information content (AvgIpc) is 2.92. The normalized spacial score (nSPS) is 30.2. The number of rotatable bonds is 2. The van der Waals surface area contributed by atoms with E-state index >= 15 is 0 Å². The van der Waals surface area contributed by atoms with Gasteiger partial charge in [-0.25, -0.2) is 4.79 Å². The fourth-order valence-electron chi connectivity index (χ4n) is 3.28. The van der Waals surface area contributed by atoms with Gasteiger partial charge in [-0.3, -0.25) is 0 Å². The summed E-state index contributed by atoms with van der Waals surface area (Å²) in [6.07, 6.45) is 5.15. The number of hydrogen-bond donors (Lipinski definition) is 2. The quantitative estimate of drug-likeness (QED) is 0.805. The van der Waals surface area contributed by atoms with Crippen molar-refractivity contribution in [3.05, 3.63) is 30.3 Å². The van der Waals surface area contributed by atoms with Gasteiger partial charge < -0.3 is 10.6 Å². The number of carbonyl (C=O) groups excluding carboxylic acids is 1. The number of fused-ring (bicyclic) bond motifs is 2. The van der Waals surface area contributed by atoms with Gasteiger partial charge in [0.2, 0.25) is 0 Å². The molecule has 0 radical (unpaired) electrons. The van der Waals surface area contributed by atoms with Gasteiger partial charge >= 0.3 is 6.03 Å². The van der Waals surface area contributed by atoms with Crippen LogP contribution < -0.4 is 10.6 Å². The number of anilines is 1. The maximum absolute atomic E-state index is 11.8. The SMILES string of the molecule is O=C(Nc1ccccc1)N[C@H]1C[C@@H]2CC[C@@H]1C2. The van der Waals surface area contributed by atoms with Gasteiger partial charge in [0.1, 0.15) is 0 Å². The summed E-state index contributed by atoms with van der Waals surface area (Å²) in [4.78, 5) is 11.8. The summed E-state index contributed by atoms with van der Waals surface area (Å²) in [5.41, 5.74) is 0.855. The molecule has 2 saturated carbocycles. The summed E-state index contributed by atoms with van der Waals surface area (Å²) in [5.74, 6) is 1.59. The van der Waals surface area contributed by atoms with Crippen LogP contribution in [0.4, 0.5) is 10.5 Å². The molecule has 0 aromatic heterocycles. The first-order valence-corrected chi connectivity index (χ1v) is 6.44. The van der Waals surface area contributed by atoms with Gasteiger partial charge in [0.15, 0.2) is 0 Å². The molecule has 1 aromatic carbocycles. The summed E-state index contributed by atoms with van der Waals surface area (Å²) in [6.45, 7) is 0. The molecular weight excluding hydrogens is 212 g/mol. The van der Waals surface area contributed by atoms with Crippen molar-refractivity contribution in [1.82, 2.24) is 5.32 Å². The zero-order valence-electron chi connectivity index (χ0n) is 9.86. The highest BCUT2D eigenvalue weighted by atomic mass is 16.2. The highest BCUT2D eigenvalue weighted by molar-refractivity contribution is 5.89. The summed E-state index contributed by atoms with van der Waals surface area (Å²) >= 11 is 0. The number of nitrogens with one attached hydrogen (secondary N) is 2. The molecule has 0 saturated heterocycles. The van der Waals surface area contributed by atoms with Gasteiger partial charge in [-0.05, 0) is 43.2 Å². The van der Waals surface area contributed by atoms with Gasteiger partial charge in [0.05, 0.1) is 0 Å². The number of hydrogen-bond acceptors (Lipinski definition) is 1. The molecular formula is C14H18N2O. The van der Waals surface area contributed by atoms with Gasteiger partial charge in [-0.2, -0.15) is 0 Å². The lowest BCUT2D eigenvalue weighted by molar-refractivity contribution is 0.242. The molecule has 90 valence electrons. The molecule has 2 amide bonds. The summed E-state index contributed by atoms with van der Waals surface area (Å²) < 4.78 is 0. The topological polar surface area (TPSA) is 41.1 Å². The minimum absolute atomic E-state index is 0.0613. The van der Waals surface area contributed by atoms with Crippen molar-refractivity contribution in [2.24, 2.45) is 11.8 Å². The van der Waals surface area contributed by atoms with E-state index in [9.17, 15) is 4.79 Å². The molecule has 0 heterocycles. The van der Waals surface area contributed by atoms with Gasteiger partial charge in [0.25, 0.3) is 0 Å². The molecule has 2 N–H and O–H groups in total. The van der Waals surface area contributed by atoms with Crippen LogP contribution in [-0.4, -0.2) is 12.1 Å². The minimum Gasteiger partial charge on any atom is -0.335 e. The third kappa shape index (κ3) is 2.28. The highest BCUT2D eigenvalue weighted by Crippen LogP contribution is 2.44. The van der Waals surface area contributed by atoms with Crippen molar-refractivity contribution >= 4 is 11.7 Å². The fourth-order valence-corrected chi connectivity index (χ4v) is 3.28. The first kappa shape index (κ1) is 10.6. The number of urea groups is 1. The van der Waals surface area contributed by atoms with Crippen LogP contribution in [0.5, 0.6) is 0 Å². The van der Waals surface area contributed by atoms with Crippen LogP contribution in [0.3, 0.4) is 0 Å². The lowest BCUT2D eigenvalue weighted by atomic mass is 9.95. The van der Waals surface area contributed by atoms with Crippen molar-refractivity contribution in [1.29, 1.82) is 0 Å². The van der Waals surface area contributed by atoms with E-state index in [0.29, 0.717) is 6.04 Å². The first-order chi connectivity index (χ1) is 8.31. The van der Waals surface area contributed by atoms with E-state index in [-0.39, 0.29) is 6.03 Å². The molecule has 17 heavy (non-hydrogen) atoms. The van der Waals surface area contributed by atoms with Crippen LogP contribution in [0.15, 0.2) is 30.3 Å². The van der Waals surface area contributed by atoms with Crippen LogP contribution in [0.1, 0.15) is 25.7 Å². The predicted octanol–water partition coefficient (Wildman–Crippen LogP) is 3.00. The first-order valence-electron chi connectivity index (χ1n) is 6.44. The third-order valence-corrected chi connectivity index (χ3v) is 4.09. The van der Waals surface area contributed by atoms with Crippen molar-refractivity contribution in [3.63, 3.8) is 0 Å². The predicted molar refractivity (Wildman–Crippen MR) is 67.8 cm³/mol. The zero-order valence-corrected chi connectivity index (χ0v) is 9.86. The minimum atomic E-state index is -0.0613. The zero-order chi connectivity index (χ0) is 11.7. The molecule has 3 heteroatoms. The number of amides is 2. The Morgan fingerprint density at radius 3 is 2.59 bits per heavy atom. The van der Waals surface area contributed by atoms with Gasteiger partial charge in [0, 0.05) is 11.7 Å². The van der Waals surface area contributed by atoms with Gasteiger partial charge in [-0.15, -0.1) is 0 Å². The molecule has 3 rings (SSSR count). The van der Waals surface area contributed by atoms with Crippen molar-refractivity contribution < 1.29 is 4.79 Å². The van der Waals surface area contributed by atoms with E-state index in [1.54, 1.807) is 0 Å². The summed E-state index contributed by atoms with van der Waals surface area (Å²) in [6, 6.07) is 9.94. The Kier molecular flexibility index (Phi) is 2.75. The Morgan fingerprint density at radius 2 is 1.94 bits per heavy atom. The van der Waals surface area contributed by atoms with E-state index in [1.807, 2.05) is 30.3 Å².